The van der Waals surface area contributed by atoms with Crippen molar-refractivity contribution in [3.05, 3.63) is 29.6 Å². The lowest BCUT2D eigenvalue weighted by Crippen LogP contribution is -2.11. The first kappa shape index (κ1) is 11.4. The number of alkyl halides is 2. The molecule has 1 aromatic rings. The molecule has 0 fully saturated rings. The summed E-state index contributed by atoms with van der Waals surface area (Å²) in [7, 11) is 0. The third-order valence-electron chi connectivity index (χ3n) is 1.55. The fraction of sp³-hybridized carbons (Fsp3) is 0.222. The van der Waals surface area contributed by atoms with Gasteiger partial charge >= 0.3 is 5.97 Å². The third kappa shape index (κ3) is 2.87. The molecular weight excluding hydrogens is 213 g/mol. The van der Waals surface area contributed by atoms with E-state index >= 15 is 0 Å². The lowest BCUT2D eigenvalue weighted by atomic mass is 10.2. The summed E-state index contributed by atoms with van der Waals surface area (Å²) < 4.78 is 41.0. The molecular formula is C9H7F3O3. The molecule has 0 aromatic heterocycles. The van der Waals surface area contributed by atoms with Crippen molar-refractivity contribution >= 4 is 5.97 Å². The molecule has 0 aliphatic rings. The van der Waals surface area contributed by atoms with Crippen LogP contribution in [0.1, 0.15) is 10.4 Å². The first-order valence-corrected chi connectivity index (χ1v) is 3.95. The maximum absolute atomic E-state index is 13.0. The number of hydrogen-bond donors (Lipinski definition) is 1. The van der Waals surface area contributed by atoms with Crippen LogP contribution >= 0.6 is 0 Å². The quantitative estimate of drug-likeness (QED) is 0.845. The van der Waals surface area contributed by atoms with E-state index in [0.717, 1.165) is 18.2 Å². The third-order valence-corrected chi connectivity index (χ3v) is 1.55. The number of ether oxygens (including phenoxy) is 1. The highest BCUT2D eigenvalue weighted by Crippen LogP contribution is 2.23. The van der Waals surface area contributed by atoms with Gasteiger partial charge in [-0.3, -0.25) is 0 Å². The van der Waals surface area contributed by atoms with Gasteiger partial charge in [0, 0.05) is 0 Å². The number of para-hydroxylation sites is 1. The summed E-state index contributed by atoms with van der Waals surface area (Å²) in [4.78, 5) is 10.6. The normalized spacial score (nSPS) is 10.4. The smallest absolute Gasteiger partial charge is 0.339 e. The molecule has 6 heteroatoms. The van der Waals surface area contributed by atoms with Crippen LogP contribution in [0.3, 0.4) is 0 Å². The zero-order chi connectivity index (χ0) is 11.4. The number of halogens is 3. The molecule has 3 nitrogen and oxygen atoms in total. The predicted molar refractivity (Wildman–Crippen MR) is 44.9 cm³/mol. The topological polar surface area (TPSA) is 46.5 Å². The molecule has 0 aliphatic carbocycles. The first-order valence-electron chi connectivity index (χ1n) is 3.95. The number of aromatic carboxylic acids is 1. The predicted octanol–water partition coefficient (Wildman–Crippen LogP) is 2.17. The minimum Gasteiger partial charge on any atom is -0.484 e. The summed E-state index contributed by atoms with van der Waals surface area (Å²) in [5, 5.41) is 8.62. The van der Waals surface area contributed by atoms with Gasteiger partial charge in [-0.2, -0.15) is 0 Å². The molecule has 0 amide bonds. The van der Waals surface area contributed by atoms with Crippen molar-refractivity contribution in [2.75, 3.05) is 6.61 Å². The Morgan fingerprint density at radius 3 is 2.67 bits per heavy atom. The van der Waals surface area contributed by atoms with Crippen LogP contribution in [-0.4, -0.2) is 24.1 Å². The van der Waals surface area contributed by atoms with Crippen molar-refractivity contribution in [3.8, 4) is 5.75 Å². The summed E-state index contributed by atoms with van der Waals surface area (Å²) in [6, 6.07) is 3.17. The van der Waals surface area contributed by atoms with Crippen molar-refractivity contribution in [2.24, 2.45) is 0 Å². The molecule has 1 aromatic carbocycles. The Bertz CT molecular complexity index is 366. The van der Waals surface area contributed by atoms with Crippen LogP contribution in [0.2, 0.25) is 0 Å². The van der Waals surface area contributed by atoms with Gasteiger partial charge in [0.15, 0.2) is 11.6 Å². The average Bonchev–Trinajstić information content (AvgIpc) is 2.15. The van der Waals surface area contributed by atoms with Crippen LogP contribution < -0.4 is 4.74 Å². The van der Waals surface area contributed by atoms with Crippen LogP contribution in [0.4, 0.5) is 13.2 Å². The number of carbonyl (C=O) groups is 1. The zero-order valence-electron chi connectivity index (χ0n) is 7.41. The largest absolute Gasteiger partial charge is 0.484 e. The van der Waals surface area contributed by atoms with Crippen molar-refractivity contribution in [1.29, 1.82) is 0 Å². The van der Waals surface area contributed by atoms with Crippen molar-refractivity contribution in [2.45, 2.75) is 6.43 Å². The van der Waals surface area contributed by atoms with E-state index in [1.807, 2.05) is 0 Å². The van der Waals surface area contributed by atoms with E-state index in [1.54, 1.807) is 0 Å². The second-order valence-corrected chi connectivity index (χ2v) is 2.62. The lowest BCUT2D eigenvalue weighted by molar-refractivity contribution is 0.0657. The molecule has 0 heterocycles. The minimum absolute atomic E-state index is 0.476. The Hall–Kier alpha value is -1.72. The van der Waals surface area contributed by atoms with Crippen LogP contribution in [0, 0.1) is 5.82 Å². The Balaban J connectivity index is 2.97. The van der Waals surface area contributed by atoms with Gasteiger partial charge in [0.2, 0.25) is 0 Å². The summed E-state index contributed by atoms with van der Waals surface area (Å²) >= 11 is 0. The van der Waals surface area contributed by atoms with E-state index in [9.17, 15) is 18.0 Å². The summed E-state index contributed by atoms with van der Waals surface area (Å²) in [5.74, 6) is -3.07. The molecule has 0 atom stereocenters. The van der Waals surface area contributed by atoms with Gasteiger partial charge in [-0.15, -0.1) is 0 Å². The zero-order valence-corrected chi connectivity index (χ0v) is 7.41. The highest BCUT2D eigenvalue weighted by Gasteiger charge is 2.16. The maximum atomic E-state index is 13.0. The van der Waals surface area contributed by atoms with Gasteiger partial charge < -0.3 is 9.84 Å². The molecule has 0 saturated heterocycles. The molecule has 1 rings (SSSR count). The maximum Gasteiger partial charge on any atom is 0.339 e. The SMILES string of the molecule is O=C(O)c1cccc(F)c1OCC(F)F. The number of carboxylic acid groups (broad SMARTS) is 1. The highest BCUT2D eigenvalue weighted by molar-refractivity contribution is 5.90. The van der Waals surface area contributed by atoms with Gasteiger partial charge in [-0.05, 0) is 12.1 Å². The Kier molecular flexibility index (Phi) is 3.54. The summed E-state index contributed by atoms with van der Waals surface area (Å²) in [6.07, 6.45) is -2.79. The van der Waals surface area contributed by atoms with Crippen LogP contribution in [0.5, 0.6) is 5.75 Å². The van der Waals surface area contributed by atoms with Crippen LogP contribution in [0.15, 0.2) is 18.2 Å². The summed E-state index contributed by atoms with van der Waals surface area (Å²) in [6.45, 7) is -1.04. The number of benzene rings is 1. The van der Waals surface area contributed by atoms with Crippen molar-refractivity contribution < 1.29 is 27.8 Å². The van der Waals surface area contributed by atoms with E-state index in [-0.39, 0.29) is 0 Å². The molecule has 0 radical (unpaired) electrons. The summed E-state index contributed by atoms with van der Waals surface area (Å²) in [5.41, 5.74) is -0.476. The van der Waals surface area contributed by atoms with E-state index in [0.29, 0.717) is 0 Å². The van der Waals surface area contributed by atoms with Gasteiger partial charge in [0.25, 0.3) is 6.43 Å². The van der Waals surface area contributed by atoms with E-state index < -0.39 is 36.1 Å². The van der Waals surface area contributed by atoms with Crippen LogP contribution in [0.25, 0.3) is 0 Å². The second kappa shape index (κ2) is 4.68. The number of rotatable bonds is 4. The molecule has 82 valence electrons. The fourth-order valence-electron chi connectivity index (χ4n) is 0.970. The Morgan fingerprint density at radius 1 is 1.47 bits per heavy atom. The second-order valence-electron chi connectivity index (χ2n) is 2.62. The monoisotopic (exact) mass is 220 g/mol. The van der Waals surface area contributed by atoms with Gasteiger partial charge in [0.05, 0.1) is 0 Å². The van der Waals surface area contributed by atoms with Gasteiger partial charge in [-0.1, -0.05) is 6.07 Å². The number of hydrogen-bond acceptors (Lipinski definition) is 2. The average molecular weight is 220 g/mol. The van der Waals surface area contributed by atoms with Crippen molar-refractivity contribution in [3.63, 3.8) is 0 Å². The molecule has 0 bridgehead atoms. The van der Waals surface area contributed by atoms with E-state index in [4.69, 9.17) is 5.11 Å². The fourth-order valence-corrected chi connectivity index (χ4v) is 0.970. The number of carboxylic acids is 1. The highest BCUT2D eigenvalue weighted by atomic mass is 19.3. The molecule has 0 aliphatic heterocycles. The van der Waals surface area contributed by atoms with Gasteiger partial charge in [-0.25, -0.2) is 18.0 Å². The van der Waals surface area contributed by atoms with Crippen LogP contribution in [-0.2, 0) is 0 Å². The van der Waals surface area contributed by atoms with E-state index in [1.165, 1.54) is 0 Å². The first-order chi connectivity index (χ1) is 7.02. The molecule has 0 unspecified atom stereocenters. The van der Waals surface area contributed by atoms with Crippen molar-refractivity contribution in [1.82, 2.24) is 0 Å². The molecule has 15 heavy (non-hydrogen) atoms. The molecule has 0 spiro atoms. The molecule has 1 N–H and O–H groups in total. The minimum atomic E-state index is -2.79. The molecule has 0 saturated carbocycles. The Morgan fingerprint density at radius 2 is 2.13 bits per heavy atom. The standard InChI is InChI=1S/C9H7F3O3/c10-6-3-1-2-5(9(13)14)8(6)15-4-7(11)12/h1-3,7H,4H2,(H,13,14). The Labute approximate surface area is 83.1 Å². The van der Waals surface area contributed by atoms with E-state index in [2.05, 4.69) is 4.74 Å². The van der Waals surface area contributed by atoms with Gasteiger partial charge in [0.1, 0.15) is 12.2 Å². The lowest BCUT2D eigenvalue weighted by Gasteiger charge is -2.08.